The predicted molar refractivity (Wildman–Crippen MR) is 57.5 cm³/mol. The van der Waals surface area contributed by atoms with Gasteiger partial charge in [0.2, 0.25) is 0 Å². The molecule has 2 rings (SSSR count). The summed E-state index contributed by atoms with van der Waals surface area (Å²) in [4.78, 5) is 11.8. The summed E-state index contributed by atoms with van der Waals surface area (Å²) in [7, 11) is 0. The van der Waals surface area contributed by atoms with Gasteiger partial charge in [0.15, 0.2) is 0 Å². The van der Waals surface area contributed by atoms with Crippen molar-refractivity contribution in [1.82, 2.24) is 5.32 Å². The molecule has 0 saturated carbocycles. The Morgan fingerprint density at radius 1 is 1.47 bits per heavy atom. The molecule has 0 aromatic heterocycles. The summed E-state index contributed by atoms with van der Waals surface area (Å²) in [6.45, 7) is 1.31. The number of rotatable bonds is 2. The van der Waals surface area contributed by atoms with Crippen molar-refractivity contribution in [3.05, 3.63) is 29.8 Å². The number of nitrogen functional groups attached to an aromatic ring is 1. The maximum Gasteiger partial charge on any atom is 0.253 e. The molecule has 1 unspecified atom stereocenters. The normalized spacial score (nSPS) is 20.1. The van der Waals surface area contributed by atoms with Crippen LogP contribution >= 0.6 is 0 Å². The van der Waals surface area contributed by atoms with E-state index in [4.69, 9.17) is 10.5 Å². The zero-order valence-corrected chi connectivity index (χ0v) is 8.40. The van der Waals surface area contributed by atoms with Gasteiger partial charge in [-0.1, -0.05) is 12.1 Å². The number of anilines is 1. The fraction of sp³-hybridized carbons (Fsp3) is 0.364. The van der Waals surface area contributed by atoms with Crippen molar-refractivity contribution in [2.75, 3.05) is 18.9 Å². The highest BCUT2D eigenvalue weighted by Crippen LogP contribution is 2.11. The summed E-state index contributed by atoms with van der Waals surface area (Å²) >= 11 is 0. The average molecular weight is 206 g/mol. The van der Waals surface area contributed by atoms with Gasteiger partial charge in [-0.15, -0.1) is 0 Å². The number of benzene rings is 1. The van der Waals surface area contributed by atoms with Crippen molar-refractivity contribution >= 4 is 11.6 Å². The molecule has 1 heterocycles. The topological polar surface area (TPSA) is 64.4 Å². The maximum absolute atomic E-state index is 11.8. The van der Waals surface area contributed by atoms with Crippen LogP contribution in [0.5, 0.6) is 0 Å². The highest BCUT2D eigenvalue weighted by Gasteiger charge is 2.19. The Balaban J connectivity index is 2.04. The Morgan fingerprint density at radius 3 is 2.93 bits per heavy atom. The second kappa shape index (κ2) is 4.31. The quantitative estimate of drug-likeness (QED) is 0.703. The molecule has 1 aliphatic rings. The molecule has 1 aromatic rings. The molecule has 1 atom stereocenters. The van der Waals surface area contributed by atoms with Crippen molar-refractivity contribution < 1.29 is 9.53 Å². The van der Waals surface area contributed by atoms with Crippen molar-refractivity contribution in [2.45, 2.75) is 12.5 Å². The third-order valence-electron chi connectivity index (χ3n) is 2.47. The van der Waals surface area contributed by atoms with Crippen molar-refractivity contribution in [3.63, 3.8) is 0 Å². The lowest BCUT2D eigenvalue weighted by Gasteiger charge is -2.11. The van der Waals surface area contributed by atoms with E-state index in [1.54, 1.807) is 18.2 Å². The Bertz CT molecular complexity index is 359. The molecule has 1 amide bonds. The molecule has 0 bridgehead atoms. The summed E-state index contributed by atoms with van der Waals surface area (Å²) in [6, 6.07) is 7.18. The number of amides is 1. The predicted octanol–water partition coefficient (Wildman–Crippen LogP) is 0.787. The van der Waals surface area contributed by atoms with E-state index in [0.717, 1.165) is 13.0 Å². The highest BCUT2D eigenvalue weighted by atomic mass is 16.5. The number of nitrogens with one attached hydrogen (secondary N) is 1. The minimum absolute atomic E-state index is 0.122. The van der Waals surface area contributed by atoms with E-state index < -0.39 is 0 Å². The van der Waals surface area contributed by atoms with Gasteiger partial charge in [0.1, 0.15) is 0 Å². The standard InChI is InChI=1S/C11H14N2O2/c12-10-4-2-1-3-9(10)11(14)13-8-5-6-15-7-8/h1-4,8H,5-7,12H2,(H,13,14). The molecule has 3 N–H and O–H groups in total. The molecule has 1 saturated heterocycles. The summed E-state index contributed by atoms with van der Waals surface area (Å²) in [6.07, 6.45) is 0.873. The summed E-state index contributed by atoms with van der Waals surface area (Å²) < 4.78 is 5.18. The van der Waals surface area contributed by atoms with E-state index >= 15 is 0 Å². The Kier molecular flexibility index (Phi) is 2.87. The van der Waals surface area contributed by atoms with E-state index in [0.29, 0.717) is 17.9 Å². The van der Waals surface area contributed by atoms with Crippen LogP contribution in [0, 0.1) is 0 Å². The monoisotopic (exact) mass is 206 g/mol. The van der Waals surface area contributed by atoms with Gasteiger partial charge in [-0.3, -0.25) is 4.79 Å². The Hall–Kier alpha value is -1.55. The molecule has 0 radical (unpaired) electrons. The largest absolute Gasteiger partial charge is 0.398 e. The number of ether oxygens (including phenoxy) is 1. The highest BCUT2D eigenvalue weighted by molar-refractivity contribution is 5.99. The van der Waals surface area contributed by atoms with E-state index in [9.17, 15) is 4.79 Å². The van der Waals surface area contributed by atoms with Crippen LogP contribution in [0.1, 0.15) is 16.8 Å². The average Bonchev–Trinajstić information content (AvgIpc) is 2.71. The molecule has 80 valence electrons. The molecule has 1 fully saturated rings. The lowest BCUT2D eigenvalue weighted by atomic mass is 10.1. The first-order valence-electron chi connectivity index (χ1n) is 5.00. The zero-order chi connectivity index (χ0) is 10.7. The number of carbonyl (C=O) groups excluding carboxylic acids is 1. The van der Waals surface area contributed by atoms with Crippen molar-refractivity contribution in [3.8, 4) is 0 Å². The number of hydrogen-bond donors (Lipinski definition) is 2. The first-order valence-corrected chi connectivity index (χ1v) is 5.00. The lowest BCUT2D eigenvalue weighted by molar-refractivity contribution is 0.0931. The molecule has 0 aliphatic carbocycles. The van der Waals surface area contributed by atoms with E-state index in [-0.39, 0.29) is 11.9 Å². The van der Waals surface area contributed by atoms with Gasteiger partial charge in [0.25, 0.3) is 5.91 Å². The smallest absolute Gasteiger partial charge is 0.253 e. The number of para-hydroxylation sites is 1. The molecule has 15 heavy (non-hydrogen) atoms. The van der Waals surface area contributed by atoms with Gasteiger partial charge in [-0.2, -0.15) is 0 Å². The number of carbonyl (C=O) groups is 1. The van der Waals surface area contributed by atoms with Gasteiger partial charge < -0.3 is 15.8 Å². The first-order chi connectivity index (χ1) is 7.27. The maximum atomic E-state index is 11.8. The molecular formula is C11H14N2O2. The fourth-order valence-corrected chi connectivity index (χ4v) is 1.62. The van der Waals surface area contributed by atoms with E-state index in [1.807, 2.05) is 6.07 Å². The van der Waals surface area contributed by atoms with Crippen molar-refractivity contribution in [2.24, 2.45) is 0 Å². The third kappa shape index (κ3) is 2.27. The molecule has 0 spiro atoms. The number of nitrogens with two attached hydrogens (primary N) is 1. The molecule has 1 aromatic carbocycles. The van der Waals surface area contributed by atoms with Crippen LogP contribution in [0.15, 0.2) is 24.3 Å². The molecule has 4 nitrogen and oxygen atoms in total. The van der Waals surface area contributed by atoms with Gasteiger partial charge in [0.05, 0.1) is 18.2 Å². The van der Waals surface area contributed by atoms with Crippen LogP contribution < -0.4 is 11.1 Å². The second-order valence-electron chi connectivity index (χ2n) is 3.62. The van der Waals surface area contributed by atoms with Crippen LogP contribution in [-0.4, -0.2) is 25.2 Å². The van der Waals surface area contributed by atoms with Crippen LogP contribution in [0.4, 0.5) is 5.69 Å². The van der Waals surface area contributed by atoms with E-state index in [1.165, 1.54) is 0 Å². The lowest BCUT2D eigenvalue weighted by Crippen LogP contribution is -2.35. The van der Waals surface area contributed by atoms with Gasteiger partial charge in [0, 0.05) is 12.3 Å². The molecule has 4 heteroatoms. The summed E-state index contributed by atoms with van der Waals surface area (Å²) in [5.41, 5.74) is 6.74. The van der Waals surface area contributed by atoms with Crippen molar-refractivity contribution in [1.29, 1.82) is 0 Å². The molecular weight excluding hydrogens is 192 g/mol. The Morgan fingerprint density at radius 2 is 2.27 bits per heavy atom. The fourth-order valence-electron chi connectivity index (χ4n) is 1.62. The van der Waals surface area contributed by atoms with Gasteiger partial charge in [-0.05, 0) is 18.6 Å². The van der Waals surface area contributed by atoms with Gasteiger partial charge in [-0.25, -0.2) is 0 Å². The first kappa shape index (κ1) is 9.98. The van der Waals surface area contributed by atoms with E-state index in [2.05, 4.69) is 5.32 Å². The van der Waals surface area contributed by atoms with Gasteiger partial charge >= 0.3 is 0 Å². The third-order valence-corrected chi connectivity index (χ3v) is 2.47. The minimum Gasteiger partial charge on any atom is -0.398 e. The minimum atomic E-state index is -0.122. The second-order valence-corrected chi connectivity index (χ2v) is 3.62. The molecule has 1 aliphatic heterocycles. The Labute approximate surface area is 88.4 Å². The van der Waals surface area contributed by atoms with Crippen LogP contribution in [0.2, 0.25) is 0 Å². The van der Waals surface area contributed by atoms with Crippen LogP contribution in [-0.2, 0) is 4.74 Å². The summed E-state index contributed by atoms with van der Waals surface area (Å²) in [5.74, 6) is -0.122. The zero-order valence-electron chi connectivity index (χ0n) is 8.40. The van der Waals surface area contributed by atoms with Crippen LogP contribution in [0.25, 0.3) is 0 Å². The van der Waals surface area contributed by atoms with Crippen LogP contribution in [0.3, 0.4) is 0 Å². The SMILES string of the molecule is Nc1ccccc1C(=O)NC1CCOC1. The summed E-state index contributed by atoms with van der Waals surface area (Å²) in [5, 5.41) is 2.89. The number of hydrogen-bond acceptors (Lipinski definition) is 3.